The van der Waals surface area contributed by atoms with Crippen molar-refractivity contribution < 1.29 is 9.90 Å². The molecule has 1 aromatic rings. The number of aliphatic hydroxyl groups excluding tert-OH is 1. The highest BCUT2D eigenvalue weighted by atomic mass is 35.5. The SMILES string of the molecule is O=C([C@H]1C[C@@H]1c1ccc(Cl)c(Cl)c1)N1CCN(CCO)CC1. The molecule has 0 radical (unpaired) electrons. The van der Waals surface area contributed by atoms with Gasteiger partial charge in [-0.25, -0.2) is 0 Å². The first-order chi connectivity index (χ1) is 10.6. The minimum atomic E-state index is 0.0848. The van der Waals surface area contributed by atoms with Crippen molar-refractivity contribution in [3.8, 4) is 0 Å². The van der Waals surface area contributed by atoms with Crippen LogP contribution in [0.15, 0.2) is 18.2 Å². The van der Waals surface area contributed by atoms with Gasteiger partial charge in [-0.15, -0.1) is 0 Å². The summed E-state index contributed by atoms with van der Waals surface area (Å²) >= 11 is 12.0. The molecule has 0 aromatic heterocycles. The zero-order valence-corrected chi connectivity index (χ0v) is 13.9. The Morgan fingerprint density at radius 1 is 1.18 bits per heavy atom. The van der Waals surface area contributed by atoms with Gasteiger partial charge in [0.1, 0.15) is 0 Å². The van der Waals surface area contributed by atoms with Gasteiger partial charge >= 0.3 is 0 Å². The molecular weight excluding hydrogens is 323 g/mol. The average molecular weight is 343 g/mol. The number of carbonyl (C=O) groups excluding carboxylic acids is 1. The Bertz CT molecular complexity index is 559. The second-order valence-corrected chi connectivity index (χ2v) is 6.83. The average Bonchev–Trinajstić information content (AvgIpc) is 3.31. The predicted octanol–water partition coefficient (Wildman–Crippen LogP) is 2.23. The van der Waals surface area contributed by atoms with Crippen LogP contribution in [-0.2, 0) is 4.79 Å². The van der Waals surface area contributed by atoms with Crippen molar-refractivity contribution in [1.29, 1.82) is 0 Å². The lowest BCUT2D eigenvalue weighted by Crippen LogP contribution is -2.49. The maximum absolute atomic E-state index is 12.6. The van der Waals surface area contributed by atoms with E-state index in [1.54, 1.807) is 6.07 Å². The minimum Gasteiger partial charge on any atom is -0.395 e. The van der Waals surface area contributed by atoms with Crippen LogP contribution in [0, 0.1) is 5.92 Å². The third-order valence-corrected chi connectivity index (χ3v) is 5.32. The van der Waals surface area contributed by atoms with Gasteiger partial charge in [0.05, 0.1) is 16.7 Å². The molecule has 3 rings (SSSR count). The van der Waals surface area contributed by atoms with Crippen LogP contribution in [0.3, 0.4) is 0 Å². The van der Waals surface area contributed by atoms with Gasteiger partial charge in [-0.1, -0.05) is 29.3 Å². The zero-order valence-electron chi connectivity index (χ0n) is 12.3. The Morgan fingerprint density at radius 3 is 2.55 bits per heavy atom. The highest BCUT2D eigenvalue weighted by Gasteiger charge is 2.46. The lowest BCUT2D eigenvalue weighted by molar-refractivity contribution is -0.134. The number of aliphatic hydroxyl groups is 1. The lowest BCUT2D eigenvalue weighted by atomic mass is 10.1. The van der Waals surface area contributed by atoms with Gasteiger partial charge in [0, 0.05) is 38.6 Å². The summed E-state index contributed by atoms with van der Waals surface area (Å²) in [5.41, 5.74) is 1.10. The van der Waals surface area contributed by atoms with Crippen molar-refractivity contribution in [1.82, 2.24) is 9.80 Å². The number of nitrogens with zero attached hydrogens (tertiary/aromatic N) is 2. The summed E-state index contributed by atoms with van der Waals surface area (Å²) in [7, 11) is 0. The first kappa shape index (κ1) is 16.1. The van der Waals surface area contributed by atoms with Crippen LogP contribution in [0.1, 0.15) is 17.9 Å². The number of hydrogen-bond acceptors (Lipinski definition) is 3. The summed E-state index contributed by atoms with van der Waals surface area (Å²) in [6, 6.07) is 5.64. The van der Waals surface area contributed by atoms with Crippen LogP contribution in [0.5, 0.6) is 0 Å². The first-order valence-corrected chi connectivity index (χ1v) is 8.42. The third kappa shape index (κ3) is 3.40. The van der Waals surface area contributed by atoms with E-state index in [1.807, 2.05) is 17.0 Å². The van der Waals surface area contributed by atoms with Crippen molar-refractivity contribution >= 4 is 29.1 Å². The number of carbonyl (C=O) groups is 1. The number of piperazine rings is 1. The largest absolute Gasteiger partial charge is 0.395 e. The fourth-order valence-electron chi connectivity index (χ4n) is 3.15. The molecule has 1 heterocycles. The molecule has 120 valence electrons. The molecule has 2 atom stereocenters. The molecule has 22 heavy (non-hydrogen) atoms. The van der Waals surface area contributed by atoms with Gasteiger partial charge in [-0.05, 0) is 30.0 Å². The highest BCUT2D eigenvalue weighted by molar-refractivity contribution is 6.42. The smallest absolute Gasteiger partial charge is 0.226 e. The molecule has 2 aliphatic rings. The minimum absolute atomic E-state index is 0.0848. The van der Waals surface area contributed by atoms with Crippen LogP contribution < -0.4 is 0 Å². The molecule has 1 saturated carbocycles. The first-order valence-electron chi connectivity index (χ1n) is 7.67. The molecule has 1 N–H and O–H groups in total. The maximum Gasteiger partial charge on any atom is 0.226 e. The topological polar surface area (TPSA) is 43.8 Å². The van der Waals surface area contributed by atoms with Crippen LogP contribution in [0.2, 0.25) is 10.0 Å². The summed E-state index contributed by atoms with van der Waals surface area (Å²) in [4.78, 5) is 16.7. The van der Waals surface area contributed by atoms with Crippen molar-refractivity contribution in [2.24, 2.45) is 5.92 Å². The van der Waals surface area contributed by atoms with E-state index in [-0.39, 0.29) is 24.3 Å². The number of rotatable bonds is 4. The molecule has 1 aliphatic heterocycles. The van der Waals surface area contributed by atoms with Crippen molar-refractivity contribution in [3.63, 3.8) is 0 Å². The van der Waals surface area contributed by atoms with E-state index in [0.717, 1.165) is 38.2 Å². The second-order valence-electron chi connectivity index (χ2n) is 6.01. The van der Waals surface area contributed by atoms with Crippen LogP contribution >= 0.6 is 23.2 Å². The predicted molar refractivity (Wildman–Crippen MR) is 87.4 cm³/mol. The Labute approximate surface area is 140 Å². The van der Waals surface area contributed by atoms with E-state index in [4.69, 9.17) is 28.3 Å². The lowest BCUT2D eigenvalue weighted by Gasteiger charge is -2.34. The molecule has 4 nitrogen and oxygen atoms in total. The summed E-state index contributed by atoms with van der Waals surface area (Å²) < 4.78 is 0. The molecule has 0 unspecified atom stereocenters. The molecule has 1 saturated heterocycles. The van der Waals surface area contributed by atoms with E-state index < -0.39 is 0 Å². The number of β-amino-alcohol motifs (C(OH)–C–C–N with tert-alkyl or cyclic N) is 1. The van der Waals surface area contributed by atoms with Crippen molar-refractivity contribution in [2.75, 3.05) is 39.3 Å². The molecule has 2 fully saturated rings. The number of benzene rings is 1. The molecule has 0 bridgehead atoms. The Kier molecular flexibility index (Phi) is 4.93. The number of halogens is 2. The Hall–Kier alpha value is -0.810. The standard InChI is InChI=1S/C16H20Cl2N2O2/c17-14-2-1-11(9-15(14)18)12-10-13(12)16(22)20-5-3-19(4-6-20)7-8-21/h1-2,9,12-13,21H,3-8,10H2/t12-,13+/m1/s1. The molecule has 1 amide bonds. The highest BCUT2D eigenvalue weighted by Crippen LogP contribution is 2.49. The van der Waals surface area contributed by atoms with E-state index in [0.29, 0.717) is 16.6 Å². The van der Waals surface area contributed by atoms with E-state index in [9.17, 15) is 4.79 Å². The summed E-state index contributed by atoms with van der Waals surface area (Å²) in [5.74, 6) is 0.610. The Balaban J connectivity index is 1.56. The summed E-state index contributed by atoms with van der Waals surface area (Å²) in [5, 5.41) is 10.1. The molecule has 1 aliphatic carbocycles. The molecular formula is C16H20Cl2N2O2. The van der Waals surface area contributed by atoms with Crippen LogP contribution in [0.25, 0.3) is 0 Å². The van der Waals surface area contributed by atoms with Gasteiger partial charge in [-0.3, -0.25) is 9.69 Å². The van der Waals surface area contributed by atoms with Crippen molar-refractivity contribution in [2.45, 2.75) is 12.3 Å². The quantitative estimate of drug-likeness (QED) is 0.912. The van der Waals surface area contributed by atoms with Crippen molar-refractivity contribution in [3.05, 3.63) is 33.8 Å². The van der Waals surface area contributed by atoms with E-state index in [2.05, 4.69) is 4.90 Å². The normalized spacial score (nSPS) is 25.3. The Morgan fingerprint density at radius 2 is 1.91 bits per heavy atom. The van der Waals surface area contributed by atoms with Gasteiger partial charge in [0.2, 0.25) is 5.91 Å². The fraction of sp³-hybridized carbons (Fsp3) is 0.562. The van der Waals surface area contributed by atoms with Crippen LogP contribution in [0.4, 0.5) is 0 Å². The molecule has 6 heteroatoms. The monoisotopic (exact) mass is 342 g/mol. The fourth-order valence-corrected chi connectivity index (χ4v) is 3.45. The second kappa shape index (κ2) is 6.75. The van der Waals surface area contributed by atoms with E-state index in [1.165, 1.54) is 0 Å². The number of hydrogen-bond donors (Lipinski definition) is 1. The van der Waals surface area contributed by atoms with Gasteiger partial charge < -0.3 is 10.0 Å². The number of amides is 1. The summed E-state index contributed by atoms with van der Waals surface area (Å²) in [6.07, 6.45) is 0.896. The van der Waals surface area contributed by atoms with Gasteiger partial charge in [0.25, 0.3) is 0 Å². The van der Waals surface area contributed by atoms with E-state index >= 15 is 0 Å². The third-order valence-electron chi connectivity index (χ3n) is 4.58. The molecule has 1 aromatic carbocycles. The van der Waals surface area contributed by atoms with Gasteiger partial charge in [-0.2, -0.15) is 0 Å². The van der Waals surface area contributed by atoms with Crippen LogP contribution in [-0.4, -0.2) is 60.1 Å². The van der Waals surface area contributed by atoms with Gasteiger partial charge in [0.15, 0.2) is 0 Å². The summed E-state index contributed by atoms with van der Waals surface area (Å²) in [6.45, 7) is 4.06. The zero-order chi connectivity index (χ0) is 15.7. The molecule has 0 spiro atoms. The maximum atomic E-state index is 12.6.